The highest BCUT2D eigenvalue weighted by Crippen LogP contribution is 2.27. The molecular weight excluding hydrogens is 232 g/mol. The summed E-state index contributed by atoms with van der Waals surface area (Å²) in [5, 5.41) is 3.72. The van der Waals surface area contributed by atoms with Crippen molar-refractivity contribution in [1.82, 2.24) is 10.2 Å². The predicted octanol–water partition coefficient (Wildman–Crippen LogP) is 3.67. The van der Waals surface area contributed by atoms with E-state index in [9.17, 15) is 0 Å². The van der Waals surface area contributed by atoms with Crippen molar-refractivity contribution in [2.75, 3.05) is 26.7 Å². The molecule has 2 heteroatoms. The third-order valence-corrected chi connectivity index (χ3v) is 5.22. The van der Waals surface area contributed by atoms with Gasteiger partial charge >= 0.3 is 0 Å². The lowest BCUT2D eigenvalue weighted by Crippen LogP contribution is -2.44. The summed E-state index contributed by atoms with van der Waals surface area (Å²) in [6, 6.07) is 0.785. The van der Waals surface area contributed by atoms with Gasteiger partial charge in [-0.3, -0.25) is 0 Å². The maximum Gasteiger partial charge on any atom is 0.0107 e. The normalized spacial score (nSPS) is 29.8. The van der Waals surface area contributed by atoms with Crippen LogP contribution >= 0.6 is 0 Å². The van der Waals surface area contributed by atoms with Gasteiger partial charge in [0.25, 0.3) is 0 Å². The zero-order valence-corrected chi connectivity index (χ0v) is 13.2. The van der Waals surface area contributed by atoms with E-state index in [2.05, 4.69) is 24.2 Å². The molecule has 2 aliphatic rings. The molecule has 2 rings (SSSR count). The van der Waals surface area contributed by atoms with Gasteiger partial charge in [0.1, 0.15) is 0 Å². The molecule has 0 aromatic heterocycles. The molecule has 2 unspecified atom stereocenters. The number of nitrogens with one attached hydrogen (secondary N) is 1. The van der Waals surface area contributed by atoms with Gasteiger partial charge in [0.2, 0.25) is 0 Å². The Hall–Kier alpha value is -0.0800. The van der Waals surface area contributed by atoms with E-state index in [4.69, 9.17) is 0 Å². The van der Waals surface area contributed by atoms with Gasteiger partial charge in [0.15, 0.2) is 0 Å². The first-order chi connectivity index (χ1) is 9.29. The molecule has 2 aliphatic carbocycles. The van der Waals surface area contributed by atoms with Crippen LogP contribution in [0.25, 0.3) is 0 Å². The molecule has 2 nitrogen and oxygen atoms in total. The number of rotatable bonds is 6. The van der Waals surface area contributed by atoms with E-state index >= 15 is 0 Å². The smallest absolute Gasteiger partial charge is 0.0107 e. The molecule has 2 atom stereocenters. The van der Waals surface area contributed by atoms with E-state index in [0.717, 1.165) is 24.4 Å². The predicted molar refractivity (Wildman–Crippen MR) is 83.5 cm³/mol. The Balaban J connectivity index is 1.74. The van der Waals surface area contributed by atoms with Crippen LogP contribution in [0.15, 0.2) is 0 Å². The SMILES string of the molecule is CCNC1CCCCC1CN(C)CC1CCCCC1. The lowest BCUT2D eigenvalue weighted by atomic mass is 9.83. The molecule has 112 valence electrons. The third-order valence-electron chi connectivity index (χ3n) is 5.22. The Morgan fingerprint density at radius 1 is 0.895 bits per heavy atom. The second-order valence-corrected chi connectivity index (χ2v) is 6.93. The second-order valence-electron chi connectivity index (χ2n) is 6.93. The topological polar surface area (TPSA) is 15.3 Å². The number of hydrogen-bond acceptors (Lipinski definition) is 2. The summed E-state index contributed by atoms with van der Waals surface area (Å²) < 4.78 is 0. The molecule has 0 aromatic carbocycles. The molecule has 0 aromatic rings. The maximum atomic E-state index is 3.72. The molecule has 19 heavy (non-hydrogen) atoms. The van der Waals surface area contributed by atoms with Crippen LogP contribution in [0.4, 0.5) is 0 Å². The monoisotopic (exact) mass is 266 g/mol. The van der Waals surface area contributed by atoms with Crippen LogP contribution in [0.3, 0.4) is 0 Å². The van der Waals surface area contributed by atoms with Gasteiger partial charge in [0.05, 0.1) is 0 Å². The summed E-state index contributed by atoms with van der Waals surface area (Å²) >= 11 is 0. The van der Waals surface area contributed by atoms with E-state index in [-0.39, 0.29) is 0 Å². The Bertz CT molecular complexity index is 233. The summed E-state index contributed by atoms with van der Waals surface area (Å²) in [4.78, 5) is 2.64. The van der Waals surface area contributed by atoms with Gasteiger partial charge in [-0.05, 0) is 51.1 Å². The van der Waals surface area contributed by atoms with Gasteiger partial charge in [-0.15, -0.1) is 0 Å². The first kappa shape index (κ1) is 15.3. The Morgan fingerprint density at radius 3 is 2.32 bits per heavy atom. The van der Waals surface area contributed by atoms with Crippen LogP contribution in [0, 0.1) is 11.8 Å². The van der Waals surface area contributed by atoms with Gasteiger partial charge in [0, 0.05) is 19.1 Å². The highest BCUT2D eigenvalue weighted by atomic mass is 15.1. The minimum absolute atomic E-state index is 0.785. The summed E-state index contributed by atoms with van der Waals surface area (Å²) in [5.41, 5.74) is 0. The molecule has 2 saturated carbocycles. The fourth-order valence-electron chi connectivity index (χ4n) is 4.24. The average Bonchev–Trinajstić information content (AvgIpc) is 2.42. The van der Waals surface area contributed by atoms with E-state index in [0.29, 0.717) is 0 Å². The molecule has 1 N–H and O–H groups in total. The lowest BCUT2D eigenvalue weighted by molar-refractivity contribution is 0.163. The fraction of sp³-hybridized carbons (Fsp3) is 1.00. The van der Waals surface area contributed by atoms with E-state index in [1.165, 1.54) is 70.9 Å². The summed E-state index contributed by atoms with van der Waals surface area (Å²) in [6.45, 7) is 6.04. The number of nitrogens with zero attached hydrogens (tertiary/aromatic N) is 1. The van der Waals surface area contributed by atoms with Crippen molar-refractivity contribution in [3.63, 3.8) is 0 Å². The van der Waals surface area contributed by atoms with E-state index in [1.54, 1.807) is 0 Å². The van der Waals surface area contributed by atoms with Gasteiger partial charge in [-0.2, -0.15) is 0 Å². The van der Waals surface area contributed by atoms with Crippen molar-refractivity contribution in [2.45, 2.75) is 70.8 Å². The molecule has 0 radical (unpaired) electrons. The third kappa shape index (κ3) is 5.07. The van der Waals surface area contributed by atoms with E-state index < -0.39 is 0 Å². The van der Waals surface area contributed by atoms with Crippen molar-refractivity contribution in [2.24, 2.45) is 11.8 Å². The van der Waals surface area contributed by atoms with Gasteiger partial charge in [-0.1, -0.05) is 39.0 Å². The lowest BCUT2D eigenvalue weighted by Gasteiger charge is -2.36. The van der Waals surface area contributed by atoms with Crippen LogP contribution in [0.1, 0.15) is 64.7 Å². The molecule has 2 fully saturated rings. The quantitative estimate of drug-likeness (QED) is 0.789. The van der Waals surface area contributed by atoms with Crippen LogP contribution in [0.2, 0.25) is 0 Å². The molecule has 0 amide bonds. The molecule has 0 saturated heterocycles. The van der Waals surface area contributed by atoms with Crippen LogP contribution in [0.5, 0.6) is 0 Å². The highest BCUT2D eigenvalue weighted by Gasteiger charge is 2.26. The zero-order chi connectivity index (χ0) is 13.5. The Morgan fingerprint density at radius 2 is 1.58 bits per heavy atom. The first-order valence-corrected chi connectivity index (χ1v) is 8.71. The van der Waals surface area contributed by atoms with Crippen molar-refractivity contribution < 1.29 is 0 Å². The minimum atomic E-state index is 0.785. The van der Waals surface area contributed by atoms with Gasteiger partial charge in [-0.25, -0.2) is 0 Å². The van der Waals surface area contributed by atoms with Crippen molar-refractivity contribution in [1.29, 1.82) is 0 Å². The fourth-order valence-corrected chi connectivity index (χ4v) is 4.24. The molecule has 0 heterocycles. The largest absolute Gasteiger partial charge is 0.314 e. The minimum Gasteiger partial charge on any atom is -0.314 e. The van der Waals surface area contributed by atoms with Crippen LogP contribution in [-0.4, -0.2) is 37.6 Å². The highest BCUT2D eigenvalue weighted by molar-refractivity contribution is 4.83. The molecule has 0 aliphatic heterocycles. The van der Waals surface area contributed by atoms with Gasteiger partial charge < -0.3 is 10.2 Å². The summed E-state index contributed by atoms with van der Waals surface area (Å²) in [7, 11) is 2.35. The molecular formula is C17H34N2. The average molecular weight is 266 g/mol. The van der Waals surface area contributed by atoms with Crippen molar-refractivity contribution in [3.05, 3.63) is 0 Å². The molecule has 0 spiro atoms. The standard InChI is InChI=1S/C17H34N2/c1-3-18-17-12-8-7-11-16(17)14-19(2)13-15-9-5-4-6-10-15/h15-18H,3-14H2,1-2H3. The van der Waals surface area contributed by atoms with Crippen LogP contribution < -0.4 is 5.32 Å². The van der Waals surface area contributed by atoms with E-state index in [1.807, 2.05) is 0 Å². The van der Waals surface area contributed by atoms with Crippen molar-refractivity contribution >= 4 is 0 Å². The summed E-state index contributed by atoms with van der Waals surface area (Å²) in [6.07, 6.45) is 13.1. The van der Waals surface area contributed by atoms with Crippen molar-refractivity contribution in [3.8, 4) is 0 Å². The molecule has 0 bridgehead atoms. The number of hydrogen-bond donors (Lipinski definition) is 1. The Labute approximate surface area is 120 Å². The maximum absolute atomic E-state index is 3.72. The second kappa shape index (κ2) is 8.26. The Kier molecular flexibility index (Phi) is 6.66. The van der Waals surface area contributed by atoms with Crippen LogP contribution in [-0.2, 0) is 0 Å². The zero-order valence-electron chi connectivity index (χ0n) is 13.2. The first-order valence-electron chi connectivity index (χ1n) is 8.71. The summed E-state index contributed by atoms with van der Waals surface area (Å²) in [5.74, 6) is 1.88.